The Morgan fingerprint density at radius 2 is 0.608 bits per heavy atom. The fourth-order valence-corrected chi connectivity index (χ4v) is 12.6. The molecule has 4 heterocycles. The van der Waals surface area contributed by atoms with Crippen molar-refractivity contribution >= 4 is 66.2 Å². The molecular formula is C66H104Br2N2O4. The van der Waals surface area contributed by atoms with Gasteiger partial charge >= 0.3 is 0 Å². The Balaban J connectivity index is 1.41. The summed E-state index contributed by atoms with van der Waals surface area (Å²) >= 11 is 7.13. The predicted molar refractivity (Wildman–Crippen MR) is 323 cm³/mol. The molecule has 2 aliphatic rings. The number of hydrogen-bond donors (Lipinski definition) is 0. The summed E-state index contributed by atoms with van der Waals surface area (Å²) in [5, 5.41) is 1.74. The Bertz CT molecular complexity index is 1990. The van der Waals surface area contributed by atoms with Crippen LogP contribution >= 0.6 is 31.9 Å². The van der Waals surface area contributed by atoms with Crippen molar-refractivity contribution < 1.29 is 18.4 Å². The van der Waals surface area contributed by atoms with E-state index in [9.17, 15) is 0 Å². The van der Waals surface area contributed by atoms with Gasteiger partial charge in [-0.25, -0.2) is 0 Å². The molecule has 0 saturated heterocycles. The second-order valence-corrected chi connectivity index (χ2v) is 24.4. The number of furan rings is 2. The average molecular weight is 1150 g/mol. The molecule has 0 N–H and O–H groups in total. The number of benzene rings is 1. The third-order valence-corrected chi connectivity index (χ3v) is 17.4. The topological polar surface area (TPSA) is 66.9 Å². The molecular weight excluding hydrogens is 1040 g/mol. The van der Waals surface area contributed by atoms with Crippen LogP contribution in [0, 0.1) is 11.8 Å². The lowest BCUT2D eigenvalue weighted by Crippen LogP contribution is -2.35. The zero-order valence-corrected chi connectivity index (χ0v) is 50.8. The molecule has 2 aliphatic heterocycles. The van der Waals surface area contributed by atoms with E-state index in [1.165, 1.54) is 231 Å². The summed E-state index contributed by atoms with van der Waals surface area (Å²) in [6, 6.07) is 12.0. The summed E-state index contributed by atoms with van der Waals surface area (Å²) < 4.78 is 13.7. The zero-order valence-electron chi connectivity index (χ0n) is 47.6. The lowest BCUT2D eigenvalue weighted by Gasteiger charge is -2.27. The first-order valence-corrected chi connectivity index (χ1v) is 33.0. The first-order valence-electron chi connectivity index (χ1n) is 31.4. The molecule has 2 aromatic heterocycles. The fourth-order valence-electron chi connectivity index (χ4n) is 12.0. The van der Waals surface area contributed by atoms with Crippen LogP contribution in [-0.4, -0.2) is 24.9 Å². The number of amides is 2. The van der Waals surface area contributed by atoms with E-state index in [1.807, 2.05) is 24.3 Å². The minimum absolute atomic E-state index is 0.00298. The average Bonchev–Trinajstić information content (AvgIpc) is 4.16. The van der Waals surface area contributed by atoms with E-state index >= 15 is 9.59 Å². The van der Waals surface area contributed by atoms with E-state index in [0.717, 1.165) is 47.5 Å². The quantitative estimate of drug-likeness (QED) is 0.0529. The van der Waals surface area contributed by atoms with Crippen LogP contribution in [0.1, 0.15) is 296 Å². The Morgan fingerprint density at radius 1 is 0.365 bits per heavy atom. The Labute approximate surface area is 468 Å². The van der Waals surface area contributed by atoms with Gasteiger partial charge in [-0.1, -0.05) is 259 Å². The number of fused-ring (bicyclic) bond motifs is 2. The molecule has 0 fully saturated rings. The van der Waals surface area contributed by atoms with Crippen molar-refractivity contribution in [1.29, 1.82) is 0 Å². The molecule has 0 spiro atoms. The van der Waals surface area contributed by atoms with E-state index < -0.39 is 0 Å². The fraction of sp³-hybridized carbons (Fsp3) is 0.727. The highest BCUT2D eigenvalue weighted by Gasteiger charge is 2.38. The zero-order chi connectivity index (χ0) is 52.6. The van der Waals surface area contributed by atoms with E-state index in [4.69, 9.17) is 8.83 Å². The molecule has 2 unspecified atom stereocenters. The SMILES string of the molecule is CCCCCCCCCCCCC(CCCCCCCCCC)CN1C(=O)C(c2ccc(Br)o2)=c2cc3c(cc21)=C(c1ccc(Br)o1)C(=O)N3CC(CCCCCCCCCC)CCCCCCCCCCCC. The molecule has 0 aliphatic carbocycles. The smallest absolute Gasteiger partial charge is 0.262 e. The molecule has 1 aromatic carbocycles. The molecule has 3 aromatic rings. The normalized spacial score (nSPS) is 14.3. The molecule has 74 heavy (non-hydrogen) atoms. The van der Waals surface area contributed by atoms with Gasteiger partial charge in [0, 0.05) is 23.5 Å². The Kier molecular flexibility index (Phi) is 31.4. The van der Waals surface area contributed by atoms with Gasteiger partial charge < -0.3 is 18.6 Å². The largest absolute Gasteiger partial charge is 0.449 e. The number of rotatable bonds is 46. The summed E-state index contributed by atoms with van der Waals surface area (Å²) in [5.74, 6) is 1.93. The minimum Gasteiger partial charge on any atom is -0.449 e. The van der Waals surface area contributed by atoms with Crippen LogP contribution in [0.5, 0.6) is 0 Å². The van der Waals surface area contributed by atoms with E-state index in [0.29, 0.717) is 56.9 Å². The highest BCUT2D eigenvalue weighted by molar-refractivity contribution is 9.10. The van der Waals surface area contributed by atoms with E-state index in [2.05, 4.69) is 81.5 Å². The molecule has 0 saturated carbocycles. The van der Waals surface area contributed by atoms with Crippen LogP contribution in [0.3, 0.4) is 0 Å². The molecule has 0 radical (unpaired) electrons. The first-order chi connectivity index (χ1) is 36.3. The van der Waals surface area contributed by atoms with Crippen LogP contribution < -0.4 is 20.2 Å². The Hall–Kier alpha value is -2.58. The monoisotopic (exact) mass is 1150 g/mol. The second-order valence-electron chi connectivity index (χ2n) is 22.9. The van der Waals surface area contributed by atoms with Crippen LogP contribution in [0.4, 0.5) is 11.4 Å². The van der Waals surface area contributed by atoms with Gasteiger partial charge in [-0.3, -0.25) is 9.59 Å². The van der Waals surface area contributed by atoms with Gasteiger partial charge in [0.25, 0.3) is 11.8 Å². The highest BCUT2D eigenvalue weighted by Crippen LogP contribution is 2.36. The molecule has 2 amide bonds. The summed E-state index contributed by atoms with van der Waals surface area (Å²) in [7, 11) is 0. The van der Waals surface area contributed by atoms with Crippen molar-refractivity contribution in [2.24, 2.45) is 11.8 Å². The van der Waals surface area contributed by atoms with Crippen molar-refractivity contribution in [3.05, 3.63) is 67.7 Å². The minimum atomic E-state index is 0.00298. The van der Waals surface area contributed by atoms with Crippen LogP contribution in [0.25, 0.3) is 11.1 Å². The lowest BCUT2D eigenvalue weighted by molar-refractivity contribution is -0.114. The van der Waals surface area contributed by atoms with Crippen LogP contribution in [0.2, 0.25) is 0 Å². The number of unbranched alkanes of at least 4 members (excludes halogenated alkanes) is 32. The van der Waals surface area contributed by atoms with Gasteiger partial charge in [0.2, 0.25) is 0 Å². The lowest BCUT2D eigenvalue weighted by atomic mass is 9.93. The molecule has 416 valence electrons. The van der Waals surface area contributed by atoms with Gasteiger partial charge in [-0.05, 0) is 106 Å². The van der Waals surface area contributed by atoms with Gasteiger partial charge in [-0.2, -0.15) is 0 Å². The second kappa shape index (κ2) is 37.3. The van der Waals surface area contributed by atoms with Crippen molar-refractivity contribution in [2.45, 2.75) is 285 Å². The summed E-state index contributed by atoms with van der Waals surface area (Å²) in [5.41, 5.74) is 2.97. The van der Waals surface area contributed by atoms with Gasteiger partial charge in [-0.15, -0.1) is 0 Å². The maximum Gasteiger partial charge on any atom is 0.262 e. The molecule has 2 atom stereocenters. The van der Waals surface area contributed by atoms with Crippen molar-refractivity contribution in [3.63, 3.8) is 0 Å². The number of hydrogen-bond acceptors (Lipinski definition) is 4. The molecule has 0 bridgehead atoms. The molecule has 8 heteroatoms. The molecule has 6 nitrogen and oxygen atoms in total. The molecule has 5 rings (SSSR count). The standard InChI is InChI=1S/C66H104Br2N2O4/c1-5-9-13-17-21-25-27-31-35-39-43-53(41-37-33-29-23-19-15-11-7-3)51-69-57-49-56-58(50-55(57)63(65(69)71)59-45-47-61(67)73-59)70(66(72)64(56)60-46-48-62(68)74-60)52-54(42-38-34-30-24-20-16-12-8-4)44-40-36-32-28-26-22-18-14-10-6-2/h45-50,53-54H,5-44,51-52H2,1-4H3. The summed E-state index contributed by atoms with van der Waals surface area (Å²) in [6.45, 7) is 10.5. The van der Waals surface area contributed by atoms with Crippen molar-refractivity contribution in [2.75, 3.05) is 22.9 Å². The maximum absolute atomic E-state index is 15.2. The maximum atomic E-state index is 15.2. The first kappa shape index (κ1) is 62.3. The number of nitrogens with zero attached hydrogens (tertiary/aromatic N) is 2. The summed E-state index contributed by atoms with van der Waals surface area (Å²) in [6.07, 6.45) is 51.7. The van der Waals surface area contributed by atoms with Crippen LogP contribution in [0.15, 0.2) is 54.6 Å². The van der Waals surface area contributed by atoms with E-state index in [-0.39, 0.29) is 11.8 Å². The number of halogens is 2. The van der Waals surface area contributed by atoms with Crippen molar-refractivity contribution in [3.8, 4) is 0 Å². The van der Waals surface area contributed by atoms with Crippen molar-refractivity contribution in [1.82, 2.24) is 0 Å². The van der Waals surface area contributed by atoms with E-state index in [1.54, 1.807) is 0 Å². The number of carbonyl (C=O) groups is 2. The third-order valence-electron chi connectivity index (χ3n) is 16.5. The number of anilines is 2. The highest BCUT2D eigenvalue weighted by atomic mass is 79.9. The van der Waals surface area contributed by atoms with Gasteiger partial charge in [0.1, 0.15) is 11.5 Å². The van der Waals surface area contributed by atoms with Crippen LogP contribution in [-0.2, 0) is 9.59 Å². The Morgan fingerprint density at radius 3 is 0.838 bits per heavy atom. The summed E-state index contributed by atoms with van der Waals surface area (Å²) in [4.78, 5) is 34.5. The predicted octanol–water partition coefficient (Wildman–Crippen LogP) is 20.4. The van der Waals surface area contributed by atoms with Gasteiger partial charge in [0.05, 0.1) is 22.5 Å². The number of carbonyl (C=O) groups excluding carboxylic acids is 2. The van der Waals surface area contributed by atoms with Gasteiger partial charge in [0.15, 0.2) is 9.34 Å². The third kappa shape index (κ3) is 21.3.